The summed E-state index contributed by atoms with van der Waals surface area (Å²) in [7, 11) is 0. The average Bonchev–Trinajstić information content (AvgIpc) is 2.00. The first-order chi connectivity index (χ1) is 5.48. The second-order valence-corrected chi connectivity index (χ2v) is 4.66. The summed E-state index contributed by atoms with van der Waals surface area (Å²) in [4.78, 5) is 10.2. The van der Waals surface area contributed by atoms with Gasteiger partial charge in [-0.25, -0.2) is 0 Å². The number of hydrogen-bond donors (Lipinski definition) is 1. The SMILES string of the molecule is CC1C(Cl)CCCC1(Cl)C(N)=O. The van der Waals surface area contributed by atoms with E-state index in [0.29, 0.717) is 6.42 Å². The number of rotatable bonds is 1. The molecule has 1 saturated carbocycles. The molecule has 0 heterocycles. The molecular weight excluding hydrogens is 197 g/mol. The fourth-order valence-corrected chi connectivity index (χ4v) is 2.39. The van der Waals surface area contributed by atoms with Crippen LogP contribution in [0.4, 0.5) is 0 Å². The second kappa shape index (κ2) is 3.43. The summed E-state index contributed by atoms with van der Waals surface area (Å²) in [6.07, 6.45) is 2.45. The molecule has 1 aliphatic carbocycles. The molecule has 70 valence electrons. The molecule has 0 aromatic carbocycles. The maximum absolute atomic E-state index is 11.1. The van der Waals surface area contributed by atoms with Gasteiger partial charge in [-0.2, -0.15) is 0 Å². The van der Waals surface area contributed by atoms with Crippen molar-refractivity contribution in [3.05, 3.63) is 0 Å². The van der Waals surface area contributed by atoms with Gasteiger partial charge in [0, 0.05) is 11.3 Å². The van der Waals surface area contributed by atoms with Crippen molar-refractivity contribution in [1.29, 1.82) is 0 Å². The van der Waals surface area contributed by atoms with Gasteiger partial charge in [-0.3, -0.25) is 4.79 Å². The van der Waals surface area contributed by atoms with Crippen LogP contribution in [-0.2, 0) is 4.79 Å². The van der Waals surface area contributed by atoms with Gasteiger partial charge in [0.05, 0.1) is 0 Å². The largest absolute Gasteiger partial charge is 0.368 e. The number of primary amides is 1. The molecule has 0 radical (unpaired) electrons. The van der Waals surface area contributed by atoms with Crippen LogP contribution in [0, 0.1) is 5.92 Å². The number of amides is 1. The third-order valence-electron chi connectivity index (χ3n) is 2.69. The molecule has 0 saturated heterocycles. The van der Waals surface area contributed by atoms with Gasteiger partial charge in [0.15, 0.2) is 0 Å². The zero-order chi connectivity index (χ0) is 9.35. The minimum atomic E-state index is -0.912. The topological polar surface area (TPSA) is 43.1 Å². The van der Waals surface area contributed by atoms with E-state index in [9.17, 15) is 4.79 Å². The van der Waals surface area contributed by atoms with Crippen LogP contribution >= 0.6 is 23.2 Å². The number of hydrogen-bond acceptors (Lipinski definition) is 1. The van der Waals surface area contributed by atoms with Crippen molar-refractivity contribution in [3.63, 3.8) is 0 Å². The van der Waals surface area contributed by atoms with Crippen molar-refractivity contribution in [2.45, 2.75) is 36.4 Å². The van der Waals surface area contributed by atoms with E-state index in [1.54, 1.807) is 0 Å². The van der Waals surface area contributed by atoms with Gasteiger partial charge < -0.3 is 5.73 Å². The molecule has 3 atom stereocenters. The molecule has 1 rings (SSSR count). The molecule has 0 bridgehead atoms. The Hall–Kier alpha value is 0.0500. The summed E-state index contributed by atoms with van der Waals surface area (Å²) >= 11 is 12.1. The van der Waals surface area contributed by atoms with E-state index in [4.69, 9.17) is 28.9 Å². The number of alkyl halides is 2. The van der Waals surface area contributed by atoms with E-state index in [1.165, 1.54) is 0 Å². The van der Waals surface area contributed by atoms with E-state index >= 15 is 0 Å². The van der Waals surface area contributed by atoms with Crippen molar-refractivity contribution < 1.29 is 4.79 Å². The molecule has 2 N–H and O–H groups in total. The molecule has 0 aliphatic heterocycles. The highest BCUT2D eigenvalue weighted by Gasteiger charge is 2.45. The minimum absolute atomic E-state index is 0.0243. The molecule has 1 fully saturated rings. The van der Waals surface area contributed by atoms with Crippen molar-refractivity contribution in [2.75, 3.05) is 0 Å². The lowest BCUT2D eigenvalue weighted by Gasteiger charge is -2.37. The molecule has 2 nitrogen and oxygen atoms in total. The molecule has 3 unspecified atom stereocenters. The van der Waals surface area contributed by atoms with Crippen LogP contribution in [0.3, 0.4) is 0 Å². The lowest BCUT2D eigenvalue weighted by Crippen LogP contribution is -2.49. The molecule has 1 amide bonds. The zero-order valence-electron chi connectivity index (χ0n) is 7.02. The first-order valence-corrected chi connectivity index (χ1v) is 4.93. The first-order valence-electron chi connectivity index (χ1n) is 4.11. The number of carbonyl (C=O) groups excluding carboxylic acids is 1. The first kappa shape index (κ1) is 10.1. The van der Waals surface area contributed by atoms with Crippen LogP contribution in [0.25, 0.3) is 0 Å². The third kappa shape index (κ3) is 1.55. The Morgan fingerprint density at radius 1 is 1.67 bits per heavy atom. The smallest absolute Gasteiger partial charge is 0.238 e. The van der Waals surface area contributed by atoms with E-state index in [1.807, 2.05) is 6.92 Å². The number of halogens is 2. The normalized spacial score (nSPS) is 42.6. The Morgan fingerprint density at radius 2 is 2.25 bits per heavy atom. The van der Waals surface area contributed by atoms with Crippen molar-refractivity contribution in [2.24, 2.45) is 11.7 Å². The maximum atomic E-state index is 11.1. The predicted molar refractivity (Wildman–Crippen MR) is 50.4 cm³/mol. The van der Waals surface area contributed by atoms with Crippen molar-refractivity contribution in [3.8, 4) is 0 Å². The van der Waals surface area contributed by atoms with Crippen LogP contribution in [0.2, 0.25) is 0 Å². The highest BCUT2D eigenvalue weighted by atomic mass is 35.5. The fourth-order valence-electron chi connectivity index (χ4n) is 1.67. The Labute approximate surface area is 82.4 Å². The van der Waals surface area contributed by atoms with Gasteiger partial charge in [0.1, 0.15) is 4.87 Å². The van der Waals surface area contributed by atoms with Crippen LogP contribution in [0.1, 0.15) is 26.2 Å². The van der Waals surface area contributed by atoms with Gasteiger partial charge in [-0.05, 0) is 19.3 Å². The summed E-state index contributed by atoms with van der Waals surface area (Å²) < 4.78 is 0. The van der Waals surface area contributed by atoms with E-state index < -0.39 is 10.8 Å². The van der Waals surface area contributed by atoms with Gasteiger partial charge in [0.25, 0.3) is 0 Å². The molecule has 12 heavy (non-hydrogen) atoms. The van der Waals surface area contributed by atoms with Crippen LogP contribution in [-0.4, -0.2) is 16.2 Å². The summed E-state index contributed by atoms with van der Waals surface area (Å²) in [6.45, 7) is 1.88. The second-order valence-electron chi connectivity index (χ2n) is 3.42. The quantitative estimate of drug-likeness (QED) is 0.659. The van der Waals surface area contributed by atoms with Crippen molar-refractivity contribution in [1.82, 2.24) is 0 Å². The highest BCUT2D eigenvalue weighted by Crippen LogP contribution is 2.41. The minimum Gasteiger partial charge on any atom is -0.368 e. The highest BCUT2D eigenvalue weighted by molar-refractivity contribution is 6.35. The monoisotopic (exact) mass is 209 g/mol. The predicted octanol–water partition coefficient (Wildman–Crippen LogP) is 1.88. The van der Waals surface area contributed by atoms with Crippen LogP contribution < -0.4 is 5.73 Å². The van der Waals surface area contributed by atoms with Gasteiger partial charge >= 0.3 is 0 Å². The van der Waals surface area contributed by atoms with Gasteiger partial charge in [0.2, 0.25) is 5.91 Å². The molecule has 0 aromatic heterocycles. The van der Waals surface area contributed by atoms with E-state index in [2.05, 4.69) is 0 Å². The van der Waals surface area contributed by atoms with Crippen LogP contribution in [0.5, 0.6) is 0 Å². The number of carbonyl (C=O) groups is 1. The van der Waals surface area contributed by atoms with E-state index in [0.717, 1.165) is 12.8 Å². The molecular formula is C8H13Cl2NO. The summed E-state index contributed by atoms with van der Waals surface area (Å²) in [5.41, 5.74) is 5.22. The van der Waals surface area contributed by atoms with Crippen molar-refractivity contribution >= 4 is 29.1 Å². The van der Waals surface area contributed by atoms with Gasteiger partial charge in [-0.15, -0.1) is 23.2 Å². The Balaban J connectivity index is 2.81. The summed E-state index contributed by atoms with van der Waals surface area (Å²) in [5, 5.41) is -0.0243. The average molecular weight is 210 g/mol. The Bertz CT molecular complexity index is 197. The fraction of sp³-hybridized carbons (Fsp3) is 0.875. The lowest BCUT2D eigenvalue weighted by atomic mass is 9.79. The summed E-state index contributed by atoms with van der Waals surface area (Å²) in [5.74, 6) is -0.478. The van der Waals surface area contributed by atoms with Crippen LogP contribution in [0.15, 0.2) is 0 Å². The zero-order valence-corrected chi connectivity index (χ0v) is 8.53. The standard InChI is InChI=1S/C8H13Cl2NO/c1-5-6(9)3-2-4-8(5,10)7(11)12/h5-6H,2-4H2,1H3,(H2,11,12). The van der Waals surface area contributed by atoms with Gasteiger partial charge in [-0.1, -0.05) is 6.92 Å². The Kier molecular flexibility index (Phi) is 2.89. The van der Waals surface area contributed by atoms with E-state index in [-0.39, 0.29) is 11.3 Å². The molecule has 0 aromatic rings. The third-order valence-corrected chi connectivity index (χ3v) is 4.01. The Morgan fingerprint density at radius 3 is 2.67 bits per heavy atom. The number of nitrogens with two attached hydrogens (primary N) is 1. The maximum Gasteiger partial charge on any atom is 0.238 e. The molecule has 1 aliphatic rings. The lowest BCUT2D eigenvalue weighted by molar-refractivity contribution is -0.122. The molecule has 0 spiro atoms. The molecule has 4 heteroatoms. The summed E-state index contributed by atoms with van der Waals surface area (Å²) in [6, 6.07) is 0.